The summed E-state index contributed by atoms with van der Waals surface area (Å²) < 4.78 is 0. The first-order chi connectivity index (χ1) is 23.0. The van der Waals surface area contributed by atoms with Crippen molar-refractivity contribution in [3.63, 3.8) is 0 Å². The van der Waals surface area contributed by atoms with Crippen LogP contribution in [-0.2, 0) is 17.1 Å². The number of aromatic amines is 1. The summed E-state index contributed by atoms with van der Waals surface area (Å²) in [4.78, 5) is 19.8. The van der Waals surface area contributed by atoms with E-state index < -0.39 is 0 Å². The third-order valence-electron chi connectivity index (χ3n) is 10.9. The Bertz CT molecular complexity index is 2390. The number of hydrogen-bond acceptors (Lipinski definition) is 2. The Kier molecular flexibility index (Phi) is 7.05. The Labute approximate surface area is 297 Å². The molecule has 5 heterocycles. The summed E-state index contributed by atoms with van der Waals surface area (Å²) in [7, 11) is 0. The van der Waals surface area contributed by atoms with Crippen molar-refractivity contribution in [2.24, 2.45) is 0 Å². The molecule has 3 aromatic heterocycles. The first kappa shape index (κ1) is 31.3. The van der Waals surface area contributed by atoms with E-state index in [0.29, 0.717) is 0 Å². The number of benzene rings is 4. The van der Waals surface area contributed by atoms with Gasteiger partial charge in [-0.15, -0.1) is 11.0 Å². The van der Waals surface area contributed by atoms with Crippen LogP contribution in [0.15, 0.2) is 72.8 Å². The predicted molar refractivity (Wildman–Crippen MR) is 202 cm³/mol. The average molecular weight is 685 g/mol. The van der Waals surface area contributed by atoms with E-state index >= 15 is 0 Å². The molecule has 7 aromatic rings. The fourth-order valence-electron chi connectivity index (χ4n) is 7.43. The second-order valence-corrected chi connectivity index (χ2v) is 14.1. The molecule has 0 spiro atoms. The van der Waals surface area contributed by atoms with Gasteiger partial charge in [-0.1, -0.05) is 12.1 Å². The summed E-state index contributed by atoms with van der Waals surface area (Å²) in [5, 5.41) is 4.65. The first-order valence-electron chi connectivity index (χ1n) is 16.8. The van der Waals surface area contributed by atoms with Crippen LogP contribution in [0.5, 0.6) is 0 Å². The summed E-state index contributed by atoms with van der Waals surface area (Å²) in [6.45, 7) is 17.5. The maximum atomic E-state index is 5.33. The van der Waals surface area contributed by atoms with E-state index in [4.69, 9.17) is 15.0 Å². The molecule has 0 fully saturated rings. The van der Waals surface area contributed by atoms with Crippen LogP contribution in [0.2, 0.25) is 0 Å². The maximum absolute atomic E-state index is 5.33. The van der Waals surface area contributed by atoms with Gasteiger partial charge in [-0.3, -0.25) is 0 Å². The topological polar surface area (TPSA) is 55.7 Å². The molecule has 0 unspecified atom stereocenters. The van der Waals surface area contributed by atoms with E-state index in [1.807, 2.05) is 0 Å². The molecule has 0 amide bonds. The Balaban J connectivity index is 0.00000348. The monoisotopic (exact) mass is 684 g/mol. The summed E-state index contributed by atoms with van der Waals surface area (Å²) in [5.74, 6) is 0. The number of hydrogen-bond donors (Lipinski definition) is 1. The number of nitrogens with one attached hydrogen (secondary N) is 1. The molecule has 0 aliphatic carbocycles. The Morgan fingerprint density at radius 1 is 0.367 bits per heavy atom. The molecule has 4 nitrogen and oxygen atoms in total. The predicted octanol–water partition coefficient (Wildman–Crippen LogP) is 11.4. The van der Waals surface area contributed by atoms with Gasteiger partial charge in [0.05, 0.1) is 22.8 Å². The van der Waals surface area contributed by atoms with Gasteiger partial charge in [-0.2, -0.15) is 0 Å². The Hall–Kier alpha value is -4.96. The van der Waals surface area contributed by atoms with Crippen LogP contribution >= 0.6 is 0 Å². The minimum Gasteiger partial charge on any atom is -0.657 e. The number of aromatic nitrogens is 4. The van der Waals surface area contributed by atoms with E-state index in [1.165, 1.54) is 55.3 Å². The zero-order valence-corrected chi connectivity index (χ0v) is 30.0. The smallest absolute Gasteiger partial charge is 0.657 e. The minimum atomic E-state index is 0. The van der Waals surface area contributed by atoms with Crippen LogP contribution in [0.25, 0.3) is 88.6 Å². The van der Waals surface area contributed by atoms with Crippen LogP contribution in [-0.4, -0.2) is 15.0 Å². The van der Waals surface area contributed by atoms with Crippen molar-refractivity contribution in [3.8, 4) is 45.0 Å². The van der Waals surface area contributed by atoms with Crippen LogP contribution in [0.4, 0.5) is 0 Å². The molecule has 0 saturated heterocycles. The van der Waals surface area contributed by atoms with Crippen LogP contribution < -0.4 is 4.98 Å². The van der Waals surface area contributed by atoms with Gasteiger partial charge in [-0.25, -0.2) is 9.97 Å². The van der Waals surface area contributed by atoms with E-state index in [9.17, 15) is 0 Å². The Morgan fingerprint density at radius 2 is 0.653 bits per heavy atom. The summed E-state index contributed by atoms with van der Waals surface area (Å²) in [6, 6.07) is 27.2. The molecule has 5 heteroatoms. The molecule has 4 aromatic carbocycles. The maximum Gasteiger partial charge on any atom is 1.00 e. The fourth-order valence-corrected chi connectivity index (χ4v) is 7.43. The van der Waals surface area contributed by atoms with E-state index in [2.05, 4.69) is 133 Å². The molecule has 2 aliphatic rings. The molecule has 1 N–H and O–H groups in total. The molecule has 9 rings (SSSR count). The SMILES string of the molecule is Cc1cc2c(cc1C)-c1cc3[nH]c(cc4nc(cc5[n-]c(cc-2n1)c1cc(C)c(C)cc51)-c1cc(C)c(C)cc1-4)c1cc(C)c(C)cc31.[Cu+]. The molecule has 8 bridgehead atoms. The largest absolute Gasteiger partial charge is 1.00 e. The normalized spacial score (nSPS) is 11.9. The zero-order chi connectivity index (χ0) is 33.2. The van der Waals surface area contributed by atoms with Crippen molar-refractivity contribution in [2.45, 2.75) is 55.4 Å². The van der Waals surface area contributed by atoms with Crippen molar-refractivity contribution in [1.29, 1.82) is 0 Å². The van der Waals surface area contributed by atoms with Crippen molar-refractivity contribution < 1.29 is 17.1 Å². The molecule has 0 radical (unpaired) electrons. The average Bonchev–Trinajstić information content (AvgIpc) is 3.74. The van der Waals surface area contributed by atoms with E-state index in [-0.39, 0.29) is 17.1 Å². The second-order valence-electron chi connectivity index (χ2n) is 14.1. The quantitative estimate of drug-likeness (QED) is 0.162. The molecular weight excluding hydrogens is 648 g/mol. The molecular formula is C44H37CuN4. The number of H-pyrrole nitrogens is 1. The molecule has 0 saturated carbocycles. The minimum absolute atomic E-state index is 0. The van der Waals surface area contributed by atoms with Crippen molar-refractivity contribution in [2.75, 3.05) is 0 Å². The van der Waals surface area contributed by atoms with Crippen LogP contribution in [0.1, 0.15) is 44.5 Å². The number of aryl methyl sites for hydroxylation is 8. The molecule has 0 atom stereocenters. The molecule has 49 heavy (non-hydrogen) atoms. The summed E-state index contributed by atoms with van der Waals surface area (Å²) >= 11 is 0. The second kappa shape index (κ2) is 11.0. The van der Waals surface area contributed by atoms with Gasteiger partial charge in [-0.05, 0) is 171 Å². The molecule has 2 aliphatic heterocycles. The summed E-state index contributed by atoms with van der Waals surface area (Å²) in [6.07, 6.45) is 0. The van der Waals surface area contributed by atoms with Gasteiger partial charge in [0.25, 0.3) is 0 Å². The third-order valence-corrected chi connectivity index (χ3v) is 10.9. The summed E-state index contributed by atoms with van der Waals surface area (Å²) in [5.41, 5.74) is 22.4. The fraction of sp³-hybridized carbons (Fsp3) is 0.182. The number of nitrogens with zero attached hydrogens (tertiary/aromatic N) is 3. The van der Waals surface area contributed by atoms with Gasteiger partial charge in [0, 0.05) is 44.1 Å². The van der Waals surface area contributed by atoms with Crippen molar-refractivity contribution in [3.05, 3.63) is 117 Å². The van der Waals surface area contributed by atoms with E-state index in [0.717, 1.165) is 77.9 Å². The Morgan fingerprint density at radius 3 is 1.00 bits per heavy atom. The number of rotatable bonds is 0. The van der Waals surface area contributed by atoms with Crippen molar-refractivity contribution >= 4 is 43.6 Å². The number of fused-ring (bicyclic) bond motifs is 20. The third kappa shape index (κ3) is 4.79. The van der Waals surface area contributed by atoms with E-state index in [1.54, 1.807) is 0 Å². The van der Waals surface area contributed by atoms with Crippen LogP contribution in [0, 0.1) is 55.4 Å². The van der Waals surface area contributed by atoms with Crippen LogP contribution in [0.3, 0.4) is 0 Å². The molecule has 244 valence electrons. The van der Waals surface area contributed by atoms with Gasteiger partial charge >= 0.3 is 17.1 Å². The van der Waals surface area contributed by atoms with Gasteiger partial charge in [0.2, 0.25) is 0 Å². The van der Waals surface area contributed by atoms with Crippen molar-refractivity contribution in [1.82, 2.24) is 19.9 Å². The van der Waals surface area contributed by atoms with Gasteiger partial charge in [0.15, 0.2) is 0 Å². The zero-order valence-electron chi connectivity index (χ0n) is 29.1. The van der Waals surface area contributed by atoms with Gasteiger partial charge < -0.3 is 9.97 Å². The first-order valence-corrected chi connectivity index (χ1v) is 16.8. The van der Waals surface area contributed by atoms with Gasteiger partial charge in [0.1, 0.15) is 0 Å². The standard InChI is InChI=1S/C44H37N4.Cu/c1-21-9-29-30(10-22(21)2)38-18-40-33-13-25(5)26(6)14-34(33)42(47-40)20-44-36-16-28(8)27(7)15-35(36)43(48-44)19-41-32-12-24(4)23(3)11-31(32)39(46-41)17-37(29)45-38;/h9-20,45H,1-8H3;/q-1;+1.